The molecule has 0 aromatic heterocycles. The summed E-state index contributed by atoms with van der Waals surface area (Å²) in [6, 6.07) is -0.230. The number of nitrogens with zero attached hydrogens (tertiary/aromatic N) is 3. The Hall–Kier alpha value is -1.99. The lowest BCUT2D eigenvalue weighted by Crippen LogP contribution is -2.62. The molecule has 348 valence electrons. The van der Waals surface area contributed by atoms with Gasteiger partial charge >= 0.3 is 0 Å². The fourth-order valence-electron chi connectivity index (χ4n) is 9.77. The molecule has 4 saturated heterocycles. The smallest absolute Gasteiger partial charge is 0.237 e. The van der Waals surface area contributed by atoms with Crippen LogP contribution < -0.4 is 10.6 Å². The molecule has 16 heteroatoms. The quantitative estimate of drug-likeness (QED) is 0.211. The number of carbonyl (C=O) groups excluding carboxylic acids is 3. The molecule has 4 aliphatic rings. The molecule has 0 saturated carbocycles. The molecule has 0 radical (unpaired) electrons. The number of hydrogen-bond donors (Lipinski definition) is 4. The number of aliphatic hydroxyl groups excluding tert-OH is 1. The molecular weight excluding hydrogens is 775 g/mol. The van der Waals surface area contributed by atoms with E-state index >= 15 is 0 Å². The molecule has 4 aliphatic heterocycles. The highest BCUT2D eigenvalue weighted by Crippen LogP contribution is 2.40. The number of aliphatic hydroxyl groups is 2. The second-order valence-electron chi connectivity index (χ2n) is 20.0. The maximum atomic E-state index is 13.9. The minimum absolute atomic E-state index is 0.0315. The summed E-state index contributed by atoms with van der Waals surface area (Å²) in [7, 11) is 7.27. The van der Waals surface area contributed by atoms with Crippen LogP contribution in [0.3, 0.4) is 0 Å². The first-order valence-electron chi connectivity index (χ1n) is 22.3. The van der Waals surface area contributed by atoms with Gasteiger partial charge in [0.25, 0.3) is 0 Å². The lowest BCUT2D eigenvalue weighted by Gasteiger charge is -2.49. The predicted molar refractivity (Wildman–Crippen MR) is 227 cm³/mol. The van der Waals surface area contributed by atoms with Gasteiger partial charge in [-0.1, -0.05) is 20.8 Å². The maximum Gasteiger partial charge on any atom is 0.237 e. The van der Waals surface area contributed by atoms with Gasteiger partial charge in [0.1, 0.15) is 12.2 Å². The van der Waals surface area contributed by atoms with Crippen molar-refractivity contribution in [3.8, 4) is 0 Å². The second-order valence-corrected chi connectivity index (χ2v) is 20.0. The lowest BCUT2D eigenvalue weighted by atomic mass is 9.77. The number of ether oxygens (including phenoxy) is 6. The van der Waals surface area contributed by atoms with Crippen LogP contribution in [-0.4, -0.2) is 182 Å². The lowest BCUT2D eigenvalue weighted by molar-refractivity contribution is -0.320. The number of carbonyl (C=O) groups is 3. The molecule has 15 atom stereocenters. The molecule has 0 spiro atoms. The monoisotopic (exact) mass is 856 g/mol. The van der Waals surface area contributed by atoms with E-state index < -0.39 is 66.1 Å². The number of methoxy groups -OCH3 is 1. The normalized spacial score (nSPS) is 40.8. The number of rotatable bonds is 12. The van der Waals surface area contributed by atoms with Gasteiger partial charge in [0.15, 0.2) is 12.6 Å². The zero-order chi connectivity index (χ0) is 44.9. The predicted octanol–water partition coefficient (Wildman–Crippen LogP) is 2.51. The van der Waals surface area contributed by atoms with Crippen LogP contribution >= 0.6 is 0 Å². The van der Waals surface area contributed by atoms with Crippen molar-refractivity contribution < 1.29 is 53.0 Å². The fourth-order valence-corrected chi connectivity index (χ4v) is 9.77. The van der Waals surface area contributed by atoms with Crippen LogP contribution in [0.4, 0.5) is 0 Å². The van der Waals surface area contributed by atoms with Crippen LogP contribution in [0.5, 0.6) is 0 Å². The number of hydrogen-bond acceptors (Lipinski definition) is 13. The average molecular weight is 856 g/mol. The van der Waals surface area contributed by atoms with Crippen LogP contribution in [0.1, 0.15) is 108 Å². The highest BCUT2D eigenvalue weighted by Gasteiger charge is 2.51. The van der Waals surface area contributed by atoms with Gasteiger partial charge in [-0.15, -0.1) is 0 Å². The van der Waals surface area contributed by atoms with Crippen LogP contribution in [0.2, 0.25) is 0 Å². The van der Waals surface area contributed by atoms with E-state index in [9.17, 15) is 24.6 Å². The van der Waals surface area contributed by atoms with Crippen LogP contribution in [0.25, 0.3) is 0 Å². The van der Waals surface area contributed by atoms with Crippen molar-refractivity contribution in [2.24, 2.45) is 17.8 Å². The molecule has 4 fully saturated rings. The van der Waals surface area contributed by atoms with E-state index in [-0.39, 0.29) is 73.2 Å². The molecule has 0 aliphatic carbocycles. The van der Waals surface area contributed by atoms with Gasteiger partial charge in [0.05, 0.1) is 47.6 Å². The first-order valence-corrected chi connectivity index (χ1v) is 22.3. The summed E-state index contributed by atoms with van der Waals surface area (Å²) in [6.45, 7) is 21.6. The Balaban J connectivity index is 1.64. The van der Waals surface area contributed by atoms with Gasteiger partial charge in [-0.25, -0.2) is 0 Å². The molecule has 4 N–H and O–H groups in total. The Morgan fingerprint density at radius 1 is 1.05 bits per heavy atom. The number of likely N-dealkylation sites (N-methyl/N-ethyl adjacent to an activating group) is 1. The summed E-state index contributed by atoms with van der Waals surface area (Å²) in [4.78, 5) is 46.0. The topological polar surface area (TPSA) is 181 Å². The molecule has 1 unspecified atom stereocenters. The van der Waals surface area contributed by atoms with Gasteiger partial charge in [0, 0.05) is 77.3 Å². The van der Waals surface area contributed by atoms with Gasteiger partial charge in [-0.3, -0.25) is 19.3 Å². The summed E-state index contributed by atoms with van der Waals surface area (Å²) >= 11 is 0. The van der Waals surface area contributed by atoms with Crippen molar-refractivity contribution in [3.05, 3.63) is 0 Å². The van der Waals surface area contributed by atoms with Crippen LogP contribution in [0, 0.1) is 17.8 Å². The van der Waals surface area contributed by atoms with Crippen molar-refractivity contribution in [2.75, 3.05) is 61.0 Å². The summed E-state index contributed by atoms with van der Waals surface area (Å²) < 4.78 is 39.1. The molecule has 60 heavy (non-hydrogen) atoms. The first-order chi connectivity index (χ1) is 27.9. The third-order valence-corrected chi connectivity index (χ3v) is 13.4. The zero-order valence-electron chi connectivity index (χ0n) is 39.2. The first kappa shape index (κ1) is 50.7. The van der Waals surface area contributed by atoms with E-state index in [1.54, 1.807) is 39.6 Å². The highest BCUT2D eigenvalue weighted by atomic mass is 16.7. The standard InChI is InChI=1S/C44H81N5O11/c1-26-23-43(9,54)38(60-41-36(32(47(11)12)22-27(2)57-41)56-21-15-18-45-40(53)31-17-20-49(31)42(6,7)8)28(3)35(29(4)39(52)46-19-16-33(50)48(13)25-26)59-34-24-44(10,55-14)37(51)30(5)58-34/h26-32,34-38,41,51,54H,15-25H2,1-14H3,(H,45,53)(H,46,52)/t26-,27-,28+,29-,30+,31?,32+,34+,35+,36-,37+,38-,41+,43-,44-/m1/s1. The zero-order valence-corrected chi connectivity index (χ0v) is 39.2. The Bertz CT molecular complexity index is 1410. The molecular formula is C44H81N5O11. The Kier molecular flexibility index (Phi) is 17.8. The number of likely N-dealkylation sites (tertiary alicyclic amines) is 1. The summed E-state index contributed by atoms with van der Waals surface area (Å²) in [5.74, 6) is -1.96. The third kappa shape index (κ3) is 12.6. The van der Waals surface area contributed by atoms with Crippen LogP contribution in [-0.2, 0) is 42.8 Å². The van der Waals surface area contributed by atoms with Crippen molar-refractivity contribution in [1.82, 2.24) is 25.3 Å². The maximum absolute atomic E-state index is 13.9. The molecule has 3 amide bonds. The largest absolute Gasteiger partial charge is 0.387 e. The van der Waals surface area contributed by atoms with Crippen LogP contribution in [0.15, 0.2) is 0 Å². The van der Waals surface area contributed by atoms with Gasteiger partial charge in [-0.05, 0) is 94.2 Å². The molecule has 0 bridgehead atoms. The highest BCUT2D eigenvalue weighted by molar-refractivity contribution is 5.82. The third-order valence-electron chi connectivity index (χ3n) is 13.4. The average Bonchev–Trinajstić information content (AvgIpc) is 3.12. The molecule has 0 aromatic carbocycles. The van der Waals surface area contributed by atoms with E-state index in [1.165, 1.54) is 7.11 Å². The SMILES string of the molecule is CO[C@]1(C)C[C@H](O[C@H]2[C@H](C)[C@@H](O[C@@H]3O[C@H](C)C[C@H](N(C)C)[C@H]3OCCCNC(=O)C3CCN3C(C)(C)C)[C@](C)(O)C[C@@H](C)CN(C)C(=O)CCNC(=O)[C@@H]2C)O[C@@H](C)[C@@H]1O. The van der Waals surface area contributed by atoms with Crippen molar-refractivity contribution in [3.63, 3.8) is 0 Å². The van der Waals surface area contributed by atoms with E-state index in [0.29, 0.717) is 32.5 Å². The van der Waals surface area contributed by atoms with E-state index in [0.717, 1.165) is 13.0 Å². The molecule has 0 aromatic rings. The number of nitrogens with one attached hydrogen (secondary N) is 2. The van der Waals surface area contributed by atoms with E-state index in [2.05, 4.69) is 41.2 Å². The molecule has 16 nitrogen and oxygen atoms in total. The summed E-state index contributed by atoms with van der Waals surface area (Å²) in [6.07, 6.45) is -3.28. The van der Waals surface area contributed by atoms with Crippen molar-refractivity contribution in [2.45, 2.75) is 186 Å². The molecule has 4 rings (SSSR count). The minimum Gasteiger partial charge on any atom is -0.387 e. The Morgan fingerprint density at radius 2 is 1.73 bits per heavy atom. The molecule has 4 heterocycles. The summed E-state index contributed by atoms with van der Waals surface area (Å²) in [5, 5.41) is 29.7. The Labute approximate surface area is 360 Å². The Morgan fingerprint density at radius 3 is 2.33 bits per heavy atom. The van der Waals surface area contributed by atoms with Gasteiger partial charge < -0.3 is 59.1 Å². The van der Waals surface area contributed by atoms with Crippen molar-refractivity contribution in [1.29, 1.82) is 0 Å². The second kappa shape index (κ2) is 21.1. The van der Waals surface area contributed by atoms with Gasteiger partial charge in [-0.2, -0.15) is 0 Å². The van der Waals surface area contributed by atoms with Gasteiger partial charge in [0.2, 0.25) is 17.7 Å². The summed E-state index contributed by atoms with van der Waals surface area (Å²) in [5.41, 5.74) is -2.57. The van der Waals surface area contributed by atoms with Crippen molar-refractivity contribution >= 4 is 17.7 Å². The van der Waals surface area contributed by atoms with E-state index in [1.807, 2.05) is 34.9 Å². The van der Waals surface area contributed by atoms with E-state index in [4.69, 9.17) is 28.4 Å². The fraction of sp³-hybridized carbons (Fsp3) is 0.932. The number of amides is 3. The minimum atomic E-state index is -1.52.